The van der Waals surface area contributed by atoms with Gasteiger partial charge in [-0.1, -0.05) is 41.5 Å². The van der Waals surface area contributed by atoms with Crippen molar-refractivity contribution in [1.29, 1.82) is 0 Å². The summed E-state index contributed by atoms with van der Waals surface area (Å²) >= 11 is 0. The highest BCUT2D eigenvalue weighted by Crippen LogP contribution is 2.40. The van der Waals surface area contributed by atoms with Crippen molar-refractivity contribution in [3.05, 3.63) is 0 Å². The van der Waals surface area contributed by atoms with Gasteiger partial charge in [-0.3, -0.25) is 38.4 Å². The van der Waals surface area contributed by atoms with Crippen LogP contribution in [0, 0.1) is 0 Å². The van der Waals surface area contributed by atoms with Crippen molar-refractivity contribution in [2.24, 2.45) is 0 Å². The second kappa shape index (κ2) is 36.0. The smallest absolute Gasteiger partial charge is 0.313 e. The monoisotopic (exact) mass is 1160 g/mol. The molecule has 0 radical (unpaired) electrons. The summed E-state index contributed by atoms with van der Waals surface area (Å²) in [5, 5.41) is 18.7. The standard InChI is InChI=1S/C15H30O5Si.C13H26O4Si.C9H16O5.C9H14O5.C7H12O4/c1-14(2,3)21(6,7)20-12(10-13(16)17-5)11-15(4)18-8-9-19-15;1-10(14)8-11(9-12(15)16-5)17-18(6,7)13(2,3)4;2*1-9(13-3-4-14-9)6-7(10)5-8(11)12-2;1-5(8)3-6(9)4-7(10)11-2/h12H,8-11H2,1-7H3;11H,8-9H2,1-7H3;7,10H,3-6H2,1-2H3;3-6H2,1-2H3;6,9H,3-4H2,1-2H3/t12-;11-;7-;;6-/m010.1/s1. The topological polar surface area (TPSA) is 297 Å². The fourth-order valence-electron chi connectivity index (χ4n) is 6.89. The summed E-state index contributed by atoms with van der Waals surface area (Å²) in [4.78, 5) is 88.1. The summed E-state index contributed by atoms with van der Waals surface area (Å²) in [5.41, 5.74) is 0. The number of ketones is 3. The average molecular weight is 1160 g/mol. The molecule has 456 valence electrons. The molecule has 25 heteroatoms. The summed E-state index contributed by atoms with van der Waals surface area (Å²) in [6, 6.07) is 0. The maximum absolute atomic E-state index is 11.7. The summed E-state index contributed by atoms with van der Waals surface area (Å²) < 4.78 is 67.4. The predicted octanol–water partition coefficient (Wildman–Crippen LogP) is 6.24. The van der Waals surface area contributed by atoms with Gasteiger partial charge in [0.1, 0.15) is 23.8 Å². The molecule has 0 amide bonds. The Labute approximate surface area is 465 Å². The molecule has 23 nitrogen and oxygen atoms in total. The van der Waals surface area contributed by atoms with Crippen LogP contribution in [0.5, 0.6) is 0 Å². The number of aliphatic hydroxyl groups excluding tert-OH is 2. The van der Waals surface area contributed by atoms with Gasteiger partial charge in [-0.2, -0.15) is 0 Å². The predicted molar refractivity (Wildman–Crippen MR) is 290 cm³/mol. The number of ether oxygens (including phenoxy) is 11. The lowest BCUT2D eigenvalue weighted by atomic mass is 10.1. The van der Waals surface area contributed by atoms with Gasteiger partial charge in [0.25, 0.3) is 0 Å². The molecule has 0 spiro atoms. The molecule has 78 heavy (non-hydrogen) atoms. The highest BCUT2D eigenvalue weighted by atomic mass is 28.4. The van der Waals surface area contributed by atoms with Crippen LogP contribution in [-0.4, -0.2) is 191 Å². The molecule has 3 rings (SSSR count). The van der Waals surface area contributed by atoms with E-state index in [1.54, 1.807) is 13.8 Å². The first-order valence-electron chi connectivity index (χ1n) is 26.1. The Kier molecular flexibility index (Phi) is 35.3. The number of methoxy groups -OCH3 is 5. The molecule has 0 aromatic carbocycles. The van der Waals surface area contributed by atoms with Crippen LogP contribution in [0.3, 0.4) is 0 Å². The van der Waals surface area contributed by atoms with E-state index in [1.807, 2.05) is 6.92 Å². The van der Waals surface area contributed by atoms with Gasteiger partial charge in [0.05, 0.1) is 132 Å². The highest BCUT2D eigenvalue weighted by Gasteiger charge is 2.43. The lowest BCUT2D eigenvalue weighted by molar-refractivity contribution is -0.167. The van der Waals surface area contributed by atoms with E-state index in [1.165, 1.54) is 49.4 Å². The first-order valence-corrected chi connectivity index (χ1v) is 31.9. The van der Waals surface area contributed by atoms with Crippen LogP contribution in [0.4, 0.5) is 0 Å². The van der Waals surface area contributed by atoms with Crippen LogP contribution in [0.1, 0.15) is 140 Å². The number of carbonyl (C=O) groups is 8. The van der Waals surface area contributed by atoms with Crippen LogP contribution in [0.15, 0.2) is 0 Å². The van der Waals surface area contributed by atoms with Gasteiger partial charge in [-0.25, -0.2) is 0 Å². The third-order valence-electron chi connectivity index (χ3n) is 13.1. The zero-order valence-electron chi connectivity index (χ0n) is 50.6. The maximum atomic E-state index is 11.7. The van der Waals surface area contributed by atoms with Crippen LogP contribution in [0.25, 0.3) is 0 Å². The van der Waals surface area contributed by atoms with Gasteiger partial charge in [-0.05, 0) is 70.9 Å². The Hall–Kier alpha value is -3.61. The van der Waals surface area contributed by atoms with Crippen molar-refractivity contribution in [3.63, 3.8) is 0 Å². The van der Waals surface area contributed by atoms with Crippen LogP contribution >= 0.6 is 0 Å². The van der Waals surface area contributed by atoms with Crippen molar-refractivity contribution in [2.75, 3.05) is 75.2 Å². The van der Waals surface area contributed by atoms with E-state index < -0.39 is 64.1 Å². The number of aliphatic hydroxyl groups is 2. The van der Waals surface area contributed by atoms with Crippen molar-refractivity contribution < 1.29 is 110 Å². The zero-order chi connectivity index (χ0) is 60.9. The zero-order valence-corrected chi connectivity index (χ0v) is 52.6. The molecule has 0 aromatic heterocycles. The molecule has 4 atom stereocenters. The summed E-state index contributed by atoms with van der Waals surface area (Å²) in [7, 11) is 2.58. The summed E-state index contributed by atoms with van der Waals surface area (Å²) in [6.45, 7) is 32.9. The Balaban J connectivity index is 0. The van der Waals surface area contributed by atoms with Crippen LogP contribution in [0.2, 0.25) is 36.3 Å². The van der Waals surface area contributed by atoms with E-state index >= 15 is 0 Å². The first-order chi connectivity index (χ1) is 35.7. The van der Waals surface area contributed by atoms with Crippen molar-refractivity contribution in [2.45, 2.75) is 218 Å². The molecular formula is C53H98O23Si2. The molecular weight excluding hydrogens is 1060 g/mol. The number of hydrogen-bond donors (Lipinski definition) is 2. The van der Waals surface area contributed by atoms with E-state index in [-0.39, 0.29) is 109 Å². The number of hydrogen-bond acceptors (Lipinski definition) is 23. The minimum absolute atomic E-state index is 0.00903. The highest BCUT2D eigenvalue weighted by molar-refractivity contribution is 6.74. The molecule has 3 saturated heterocycles. The third-order valence-corrected chi connectivity index (χ3v) is 22.1. The second-order valence-electron chi connectivity index (χ2n) is 22.6. The minimum Gasteiger partial charge on any atom is -0.469 e. The van der Waals surface area contributed by atoms with E-state index in [2.05, 4.69) is 86.7 Å². The minimum atomic E-state index is -1.97. The molecule has 0 aromatic rings. The second-order valence-corrected chi connectivity index (χ2v) is 32.1. The molecule has 3 aliphatic rings. The first kappa shape index (κ1) is 76.5. The molecule has 3 heterocycles. The Morgan fingerprint density at radius 3 is 1.10 bits per heavy atom. The Bertz CT molecular complexity index is 1840. The van der Waals surface area contributed by atoms with Crippen LogP contribution in [-0.2, 0) is 99.3 Å². The van der Waals surface area contributed by atoms with E-state index in [9.17, 15) is 43.5 Å². The van der Waals surface area contributed by atoms with E-state index in [0.717, 1.165) is 0 Å². The van der Waals surface area contributed by atoms with Gasteiger partial charge in [0.2, 0.25) is 0 Å². The number of Topliss-reactive ketones (excluding diaryl/α,β-unsaturated/α-hetero) is 3. The molecule has 3 fully saturated rings. The van der Waals surface area contributed by atoms with Crippen LogP contribution < -0.4 is 0 Å². The van der Waals surface area contributed by atoms with Gasteiger partial charge in [0.15, 0.2) is 34.0 Å². The summed E-state index contributed by atoms with van der Waals surface area (Å²) in [6.07, 6.45) is -1.13. The molecule has 0 bridgehead atoms. The SMILES string of the molecule is COC(=O)CC(=O)CC1(C)OCCO1.COC(=O)C[C@@H](CC(C)=O)O[Si](C)(C)C(C)(C)C.COC(=O)C[C@@H](CC1(C)OCCO1)O[Si](C)(C)C(C)(C)C.COC(=O)C[C@H](O)CC(C)=O.COC(=O)C[C@H](O)CC1(C)OCCO1. The normalized spacial score (nSPS) is 17.9. The Morgan fingerprint density at radius 1 is 0.449 bits per heavy atom. The van der Waals surface area contributed by atoms with E-state index in [4.69, 9.17) is 47.1 Å². The number of carbonyl (C=O) groups excluding carboxylic acids is 8. The third kappa shape index (κ3) is 33.9. The Morgan fingerprint density at radius 2 is 0.756 bits per heavy atom. The largest absolute Gasteiger partial charge is 0.469 e. The quantitative estimate of drug-likeness (QED) is 0.0468. The molecule has 0 saturated carbocycles. The molecule has 3 aliphatic heterocycles. The van der Waals surface area contributed by atoms with Crippen molar-refractivity contribution in [1.82, 2.24) is 0 Å². The van der Waals surface area contributed by atoms with Crippen molar-refractivity contribution in [3.8, 4) is 0 Å². The molecule has 0 aliphatic carbocycles. The van der Waals surface area contributed by atoms with Crippen molar-refractivity contribution >= 4 is 63.8 Å². The maximum Gasteiger partial charge on any atom is 0.313 e. The van der Waals surface area contributed by atoms with Gasteiger partial charge in [-0.15, -0.1) is 0 Å². The van der Waals surface area contributed by atoms with Gasteiger partial charge in [0, 0.05) is 25.7 Å². The fourth-order valence-corrected chi connectivity index (χ4v) is 9.60. The molecule has 2 N–H and O–H groups in total. The number of esters is 5. The van der Waals surface area contributed by atoms with E-state index in [0.29, 0.717) is 46.1 Å². The van der Waals surface area contributed by atoms with Gasteiger partial charge >= 0.3 is 29.8 Å². The van der Waals surface area contributed by atoms with Gasteiger partial charge < -0.3 is 71.2 Å². The lowest BCUT2D eigenvalue weighted by Crippen LogP contribution is -2.46. The number of rotatable bonds is 24. The summed E-state index contributed by atoms with van der Waals surface area (Å²) in [5.74, 6) is -4.68. The fraction of sp³-hybridized carbons (Fsp3) is 0.849. The average Bonchev–Trinajstić information content (AvgIpc) is 4.05. The molecule has 0 unspecified atom stereocenters. The lowest BCUT2D eigenvalue weighted by Gasteiger charge is -2.40.